The first-order chi connectivity index (χ1) is 8.20. The highest BCUT2D eigenvalue weighted by molar-refractivity contribution is 5.65. The molecule has 2 aromatic rings. The Morgan fingerprint density at radius 3 is 2.53 bits per heavy atom. The van der Waals surface area contributed by atoms with E-state index in [9.17, 15) is 8.78 Å². The first-order valence-electron chi connectivity index (χ1n) is 5.12. The molecule has 0 aliphatic heterocycles. The predicted molar refractivity (Wildman–Crippen MR) is 61.1 cm³/mol. The second-order valence-electron chi connectivity index (χ2n) is 3.66. The summed E-state index contributed by atoms with van der Waals surface area (Å²) in [4.78, 5) is 0. The van der Waals surface area contributed by atoms with Crippen LogP contribution in [0, 0.1) is 23.0 Å². The maximum absolute atomic E-state index is 13.5. The molecule has 0 aliphatic carbocycles. The van der Waals surface area contributed by atoms with Gasteiger partial charge < -0.3 is 0 Å². The molecule has 17 heavy (non-hydrogen) atoms. The van der Waals surface area contributed by atoms with Crippen LogP contribution in [0.5, 0.6) is 0 Å². The Balaban J connectivity index is 2.53. The molecule has 0 amide bonds. The Kier molecular flexibility index (Phi) is 3.15. The summed E-state index contributed by atoms with van der Waals surface area (Å²) in [5.41, 5.74) is 1.34. The molecule has 0 heterocycles. The van der Waals surface area contributed by atoms with Gasteiger partial charge in [0.2, 0.25) is 0 Å². The Labute approximate surface area is 97.9 Å². The average Bonchev–Trinajstić information content (AvgIpc) is 2.29. The van der Waals surface area contributed by atoms with Crippen LogP contribution in [-0.4, -0.2) is 0 Å². The number of halogens is 2. The zero-order chi connectivity index (χ0) is 12.3. The van der Waals surface area contributed by atoms with Gasteiger partial charge in [-0.1, -0.05) is 18.2 Å². The van der Waals surface area contributed by atoms with Gasteiger partial charge in [0, 0.05) is 5.56 Å². The van der Waals surface area contributed by atoms with Crippen molar-refractivity contribution in [2.45, 2.75) is 6.42 Å². The molecule has 0 aliphatic rings. The second kappa shape index (κ2) is 4.75. The third-order valence-corrected chi connectivity index (χ3v) is 2.43. The van der Waals surface area contributed by atoms with E-state index in [1.165, 1.54) is 18.2 Å². The Morgan fingerprint density at radius 1 is 1.06 bits per heavy atom. The molecular weight excluding hydrogens is 220 g/mol. The summed E-state index contributed by atoms with van der Waals surface area (Å²) < 4.78 is 26.9. The first kappa shape index (κ1) is 11.3. The van der Waals surface area contributed by atoms with Crippen molar-refractivity contribution in [3.05, 3.63) is 59.7 Å². The van der Waals surface area contributed by atoms with Gasteiger partial charge in [-0.15, -0.1) is 0 Å². The number of nitriles is 1. The molecule has 84 valence electrons. The van der Waals surface area contributed by atoms with E-state index in [-0.39, 0.29) is 6.42 Å². The molecular formula is C14H9F2N. The fraction of sp³-hybridized carbons (Fsp3) is 0.0714. The van der Waals surface area contributed by atoms with E-state index >= 15 is 0 Å². The van der Waals surface area contributed by atoms with Gasteiger partial charge in [-0.05, 0) is 35.4 Å². The molecule has 1 nitrogen and oxygen atoms in total. The highest BCUT2D eigenvalue weighted by Gasteiger charge is 2.07. The fourth-order valence-corrected chi connectivity index (χ4v) is 1.69. The minimum atomic E-state index is -0.462. The van der Waals surface area contributed by atoms with Gasteiger partial charge in [0.25, 0.3) is 0 Å². The highest BCUT2D eigenvalue weighted by atomic mass is 19.1. The molecule has 0 bridgehead atoms. The summed E-state index contributed by atoms with van der Waals surface area (Å²) in [5, 5.41) is 8.58. The number of hydrogen-bond donors (Lipinski definition) is 0. The monoisotopic (exact) mass is 229 g/mol. The summed E-state index contributed by atoms with van der Waals surface area (Å²) in [6.07, 6.45) is 0.110. The van der Waals surface area contributed by atoms with Crippen LogP contribution in [0.1, 0.15) is 5.56 Å². The van der Waals surface area contributed by atoms with Crippen molar-refractivity contribution in [3.8, 4) is 17.2 Å². The summed E-state index contributed by atoms with van der Waals surface area (Å²) in [5.74, 6) is -0.864. The van der Waals surface area contributed by atoms with Crippen molar-refractivity contribution < 1.29 is 8.78 Å². The van der Waals surface area contributed by atoms with Gasteiger partial charge in [0.15, 0.2) is 0 Å². The van der Waals surface area contributed by atoms with Crippen molar-refractivity contribution in [3.63, 3.8) is 0 Å². The van der Waals surface area contributed by atoms with Crippen molar-refractivity contribution in [2.24, 2.45) is 0 Å². The van der Waals surface area contributed by atoms with Crippen LogP contribution >= 0.6 is 0 Å². The quantitative estimate of drug-likeness (QED) is 0.770. The largest absolute Gasteiger partial charge is 0.207 e. The van der Waals surface area contributed by atoms with E-state index in [4.69, 9.17) is 5.26 Å². The number of rotatable bonds is 2. The van der Waals surface area contributed by atoms with E-state index in [0.717, 1.165) is 0 Å². The van der Waals surface area contributed by atoms with Gasteiger partial charge >= 0.3 is 0 Å². The molecule has 2 rings (SSSR count). The fourth-order valence-electron chi connectivity index (χ4n) is 1.69. The highest BCUT2D eigenvalue weighted by Crippen LogP contribution is 2.24. The minimum absolute atomic E-state index is 0.110. The standard InChI is InChI=1S/C14H9F2N/c15-12-8-10(5-6-17)7-11(9-12)13-3-1-2-4-14(13)16/h1-4,7-9H,5H2. The van der Waals surface area contributed by atoms with Crippen LogP contribution in [0.25, 0.3) is 11.1 Å². The average molecular weight is 229 g/mol. The van der Waals surface area contributed by atoms with Crippen LogP contribution in [0.3, 0.4) is 0 Å². The second-order valence-corrected chi connectivity index (χ2v) is 3.66. The summed E-state index contributed by atoms with van der Waals surface area (Å²) >= 11 is 0. The molecule has 0 fully saturated rings. The summed E-state index contributed by atoms with van der Waals surface area (Å²) in [6, 6.07) is 12.3. The molecule has 0 aromatic heterocycles. The van der Waals surface area contributed by atoms with Gasteiger partial charge in [-0.2, -0.15) is 5.26 Å². The summed E-state index contributed by atoms with van der Waals surface area (Å²) in [7, 11) is 0. The van der Waals surface area contributed by atoms with Gasteiger partial charge in [0.1, 0.15) is 11.6 Å². The zero-order valence-corrected chi connectivity index (χ0v) is 8.95. The van der Waals surface area contributed by atoms with Gasteiger partial charge in [0.05, 0.1) is 12.5 Å². The van der Waals surface area contributed by atoms with Crippen molar-refractivity contribution in [2.75, 3.05) is 0 Å². The maximum atomic E-state index is 13.5. The number of benzene rings is 2. The molecule has 2 aromatic carbocycles. The van der Waals surface area contributed by atoms with Crippen LogP contribution in [-0.2, 0) is 6.42 Å². The molecule has 0 N–H and O–H groups in total. The van der Waals surface area contributed by atoms with E-state index < -0.39 is 11.6 Å². The van der Waals surface area contributed by atoms with Gasteiger partial charge in [-0.25, -0.2) is 8.78 Å². The maximum Gasteiger partial charge on any atom is 0.131 e. The Bertz CT molecular complexity index is 585. The first-order valence-corrected chi connectivity index (χ1v) is 5.12. The predicted octanol–water partition coefficient (Wildman–Crippen LogP) is 3.70. The zero-order valence-electron chi connectivity index (χ0n) is 8.95. The van der Waals surface area contributed by atoms with E-state index in [0.29, 0.717) is 16.7 Å². The topological polar surface area (TPSA) is 23.8 Å². The lowest BCUT2D eigenvalue weighted by Gasteiger charge is -2.05. The molecule has 0 saturated carbocycles. The Morgan fingerprint density at radius 2 is 1.82 bits per heavy atom. The van der Waals surface area contributed by atoms with Crippen LogP contribution in [0.4, 0.5) is 8.78 Å². The molecule has 0 atom stereocenters. The smallest absolute Gasteiger partial charge is 0.131 e. The third kappa shape index (κ3) is 2.48. The molecule has 0 radical (unpaired) electrons. The van der Waals surface area contributed by atoms with Crippen molar-refractivity contribution >= 4 is 0 Å². The molecule has 0 saturated heterocycles. The number of nitrogens with zero attached hydrogens (tertiary/aromatic N) is 1. The number of hydrogen-bond acceptors (Lipinski definition) is 1. The lowest BCUT2D eigenvalue weighted by Crippen LogP contribution is -1.89. The van der Waals surface area contributed by atoms with E-state index in [1.54, 1.807) is 24.3 Å². The van der Waals surface area contributed by atoms with E-state index in [2.05, 4.69) is 0 Å². The van der Waals surface area contributed by atoms with Crippen molar-refractivity contribution in [1.29, 1.82) is 5.26 Å². The van der Waals surface area contributed by atoms with Crippen molar-refractivity contribution in [1.82, 2.24) is 0 Å². The lowest BCUT2D eigenvalue weighted by atomic mass is 10.0. The molecule has 0 unspecified atom stereocenters. The summed E-state index contributed by atoms with van der Waals surface area (Å²) in [6.45, 7) is 0. The van der Waals surface area contributed by atoms with Gasteiger partial charge in [-0.3, -0.25) is 0 Å². The van der Waals surface area contributed by atoms with Crippen LogP contribution in [0.15, 0.2) is 42.5 Å². The van der Waals surface area contributed by atoms with Crippen LogP contribution in [0.2, 0.25) is 0 Å². The lowest BCUT2D eigenvalue weighted by molar-refractivity contribution is 0.623. The van der Waals surface area contributed by atoms with Crippen LogP contribution < -0.4 is 0 Å². The third-order valence-electron chi connectivity index (χ3n) is 2.43. The molecule has 0 spiro atoms. The Hall–Kier alpha value is -2.21. The minimum Gasteiger partial charge on any atom is -0.207 e. The SMILES string of the molecule is N#CCc1cc(F)cc(-c2ccccc2F)c1. The molecule has 3 heteroatoms. The normalized spacial score (nSPS) is 9.94. The van der Waals surface area contributed by atoms with E-state index in [1.807, 2.05) is 6.07 Å².